The summed E-state index contributed by atoms with van der Waals surface area (Å²) >= 11 is 0. The van der Waals surface area contributed by atoms with Crippen molar-refractivity contribution in [1.82, 2.24) is 9.80 Å². The molecule has 4 heteroatoms. The van der Waals surface area contributed by atoms with Gasteiger partial charge in [0.2, 0.25) is 5.91 Å². The third-order valence-corrected chi connectivity index (χ3v) is 3.30. The molecule has 94 valence electrons. The summed E-state index contributed by atoms with van der Waals surface area (Å²) < 4.78 is 0. The topological polar surface area (TPSA) is 49.6 Å². The number of amides is 1. The third kappa shape index (κ3) is 3.76. The number of hydrogen-bond donors (Lipinski definition) is 1. The average Bonchev–Trinajstić information content (AvgIpc) is 2.24. The quantitative estimate of drug-likeness (QED) is 0.762. The van der Waals surface area contributed by atoms with Gasteiger partial charge in [0, 0.05) is 19.1 Å². The first kappa shape index (κ1) is 13.5. The number of hydrogen-bond acceptors (Lipinski definition) is 3. The van der Waals surface area contributed by atoms with Gasteiger partial charge in [-0.3, -0.25) is 4.79 Å². The molecule has 0 unspecified atom stereocenters. The fraction of sp³-hybridized carbons (Fsp3) is 0.917. The van der Waals surface area contributed by atoms with Crippen molar-refractivity contribution in [2.45, 2.75) is 32.7 Å². The fourth-order valence-electron chi connectivity index (χ4n) is 2.42. The van der Waals surface area contributed by atoms with E-state index in [4.69, 9.17) is 5.73 Å². The molecule has 1 heterocycles. The predicted octanol–water partition coefficient (Wildman–Crippen LogP) is 0.524. The number of likely N-dealkylation sites (tertiary alicyclic amines) is 1. The monoisotopic (exact) mass is 227 g/mol. The van der Waals surface area contributed by atoms with E-state index in [9.17, 15) is 4.79 Å². The second-order valence-electron chi connectivity index (χ2n) is 5.11. The molecule has 4 nitrogen and oxygen atoms in total. The summed E-state index contributed by atoms with van der Waals surface area (Å²) in [4.78, 5) is 16.0. The highest BCUT2D eigenvalue weighted by molar-refractivity contribution is 5.78. The minimum Gasteiger partial charge on any atom is -0.339 e. The maximum Gasteiger partial charge on any atom is 0.236 e. The lowest BCUT2D eigenvalue weighted by atomic mass is 9.97. The second kappa shape index (κ2) is 6.21. The lowest BCUT2D eigenvalue weighted by Crippen LogP contribution is -2.46. The Morgan fingerprint density at radius 2 is 2.25 bits per heavy atom. The van der Waals surface area contributed by atoms with Crippen LogP contribution in [0.15, 0.2) is 0 Å². The minimum absolute atomic E-state index is 0.0724. The Morgan fingerprint density at radius 3 is 2.75 bits per heavy atom. The van der Waals surface area contributed by atoms with Crippen LogP contribution in [0.3, 0.4) is 0 Å². The first-order valence-corrected chi connectivity index (χ1v) is 6.22. The van der Waals surface area contributed by atoms with Crippen molar-refractivity contribution in [3.63, 3.8) is 0 Å². The summed E-state index contributed by atoms with van der Waals surface area (Å²) in [6.07, 6.45) is 2.47. The summed E-state index contributed by atoms with van der Waals surface area (Å²) in [5.74, 6) is 0.680. The van der Waals surface area contributed by atoms with Crippen molar-refractivity contribution in [2.24, 2.45) is 11.7 Å². The number of carbonyl (C=O) groups excluding carboxylic acids is 1. The Hall–Kier alpha value is -0.610. The van der Waals surface area contributed by atoms with E-state index in [2.05, 4.69) is 25.8 Å². The molecule has 1 saturated heterocycles. The number of nitrogens with two attached hydrogens (primary N) is 1. The van der Waals surface area contributed by atoms with Crippen LogP contribution < -0.4 is 5.73 Å². The van der Waals surface area contributed by atoms with Crippen LogP contribution in [0.25, 0.3) is 0 Å². The number of carbonyl (C=O) groups is 1. The van der Waals surface area contributed by atoms with Crippen molar-refractivity contribution in [1.29, 1.82) is 0 Å². The molecule has 1 amide bonds. The molecular weight excluding hydrogens is 202 g/mol. The van der Waals surface area contributed by atoms with Gasteiger partial charge < -0.3 is 15.5 Å². The van der Waals surface area contributed by atoms with E-state index < -0.39 is 0 Å². The van der Waals surface area contributed by atoms with Crippen LogP contribution >= 0.6 is 0 Å². The second-order valence-corrected chi connectivity index (χ2v) is 5.11. The molecule has 0 aromatic heterocycles. The Bertz CT molecular complexity index is 230. The average molecular weight is 227 g/mol. The first-order chi connectivity index (χ1) is 7.54. The lowest BCUT2D eigenvalue weighted by Gasteiger charge is -2.35. The normalized spacial score (nSPS) is 22.4. The number of piperidine rings is 1. The SMILES string of the molecule is CC(C)N(C[C@H]1CCCN(C)C1)C(=O)CN. The molecule has 0 saturated carbocycles. The Labute approximate surface area is 98.8 Å². The molecule has 16 heavy (non-hydrogen) atoms. The summed E-state index contributed by atoms with van der Waals surface area (Å²) in [6, 6.07) is 0.253. The smallest absolute Gasteiger partial charge is 0.236 e. The molecule has 0 spiro atoms. The van der Waals surface area contributed by atoms with Crippen LogP contribution in [0.1, 0.15) is 26.7 Å². The molecule has 1 aliphatic rings. The Balaban J connectivity index is 2.50. The zero-order chi connectivity index (χ0) is 12.1. The molecule has 2 N–H and O–H groups in total. The summed E-state index contributed by atoms with van der Waals surface area (Å²) in [6.45, 7) is 7.38. The van der Waals surface area contributed by atoms with Crippen LogP contribution in [0.5, 0.6) is 0 Å². The van der Waals surface area contributed by atoms with E-state index in [1.165, 1.54) is 19.4 Å². The molecule has 0 bridgehead atoms. The van der Waals surface area contributed by atoms with Gasteiger partial charge in [-0.1, -0.05) is 0 Å². The molecule has 0 aliphatic carbocycles. The van der Waals surface area contributed by atoms with E-state index in [0.717, 1.165) is 13.1 Å². The van der Waals surface area contributed by atoms with E-state index >= 15 is 0 Å². The van der Waals surface area contributed by atoms with Gasteiger partial charge in [-0.2, -0.15) is 0 Å². The molecule has 1 atom stereocenters. The van der Waals surface area contributed by atoms with E-state index in [1.807, 2.05) is 4.90 Å². The van der Waals surface area contributed by atoms with Crippen LogP contribution in [0.2, 0.25) is 0 Å². The zero-order valence-corrected chi connectivity index (χ0v) is 10.8. The zero-order valence-electron chi connectivity index (χ0n) is 10.8. The Morgan fingerprint density at radius 1 is 1.56 bits per heavy atom. The highest BCUT2D eigenvalue weighted by atomic mass is 16.2. The summed E-state index contributed by atoms with van der Waals surface area (Å²) in [5, 5.41) is 0. The standard InChI is InChI=1S/C12H25N3O/c1-10(2)15(12(16)7-13)9-11-5-4-6-14(3)8-11/h10-11H,4-9,13H2,1-3H3/t11-/m0/s1. The van der Waals surface area contributed by atoms with Crippen LogP contribution in [-0.4, -0.2) is 55.0 Å². The molecule has 0 radical (unpaired) electrons. The van der Waals surface area contributed by atoms with Gasteiger partial charge in [0.25, 0.3) is 0 Å². The maximum atomic E-state index is 11.7. The van der Waals surface area contributed by atoms with Gasteiger partial charge in [0.05, 0.1) is 6.54 Å². The van der Waals surface area contributed by atoms with Gasteiger partial charge in [-0.15, -0.1) is 0 Å². The predicted molar refractivity (Wildman–Crippen MR) is 66.1 cm³/mol. The number of rotatable bonds is 4. The van der Waals surface area contributed by atoms with Crippen molar-refractivity contribution in [2.75, 3.05) is 33.2 Å². The van der Waals surface area contributed by atoms with Crippen LogP contribution in [-0.2, 0) is 4.79 Å². The first-order valence-electron chi connectivity index (χ1n) is 6.22. The van der Waals surface area contributed by atoms with E-state index in [-0.39, 0.29) is 18.5 Å². The van der Waals surface area contributed by atoms with Gasteiger partial charge in [0.1, 0.15) is 0 Å². The highest BCUT2D eigenvalue weighted by Crippen LogP contribution is 2.17. The van der Waals surface area contributed by atoms with Crippen molar-refractivity contribution < 1.29 is 4.79 Å². The summed E-state index contributed by atoms with van der Waals surface area (Å²) in [5.41, 5.74) is 5.44. The summed E-state index contributed by atoms with van der Waals surface area (Å²) in [7, 11) is 2.15. The molecule has 1 rings (SSSR count). The van der Waals surface area contributed by atoms with Gasteiger partial charge >= 0.3 is 0 Å². The van der Waals surface area contributed by atoms with E-state index in [1.54, 1.807) is 0 Å². The molecule has 0 aromatic carbocycles. The number of nitrogens with zero attached hydrogens (tertiary/aromatic N) is 2. The Kier molecular flexibility index (Phi) is 5.22. The fourth-order valence-corrected chi connectivity index (χ4v) is 2.42. The lowest BCUT2D eigenvalue weighted by molar-refractivity contribution is -0.132. The van der Waals surface area contributed by atoms with Gasteiger partial charge in [0.15, 0.2) is 0 Å². The van der Waals surface area contributed by atoms with Gasteiger partial charge in [-0.05, 0) is 46.2 Å². The molecule has 0 aromatic rings. The van der Waals surface area contributed by atoms with Crippen molar-refractivity contribution in [3.05, 3.63) is 0 Å². The van der Waals surface area contributed by atoms with Gasteiger partial charge in [-0.25, -0.2) is 0 Å². The van der Waals surface area contributed by atoms with Crippen LogP contribution in [0.4, 0.5) is 0 Å². The third-order valence-electron chi connectivity index (χ3n) is 3.30. The highest BCUT2D eigenvalue weighted by Gasteiger charge is 2.23. The molecule has 1 fully saturated rings. The largest absolute Gasteiger partial charge is 0.339 e. The van der Waals surface area contributed by atoms with E-state index in [0.29, 0.717) is 5.92 Å². The minimum atomic E-state index is 0.0724. The molecule has 1 aliphatic heterocycles. The van der Waals surface area contributed by atoms with Crippen LogP contribution in [0, 0.1) is 5.92 Å². The van der Waals surface area contributed by atoms with Crippen molar-refractivity contribution in [3.8, 4) is 0 Å². The van der Waals surface area contributed by atoms with Crippen molar-refractivity contribution >= 4 is 5.91 Å². The molecular formula is C12H25N3O. The maximum absolute atomic E-state index is 11.7.